The summed E-state index contributed by atoms with van der Waals surface area (Å²) >= 11 is 0. The van der Waals surface area contributed by atoms with Crippen LogP contribution in [0.4, 0.5) is 24.5 Å². The molecule has 2 aromatic rings. The SMILES string of the molecule is COc1cccc(CN(C)CC(=O)Nc2cc(C(F)(F)F)ccc2N2CCOCC2)c1. The first kappa shape index (κ1) is 22.9. The molecule has 1 aliphatic heterocycles. The lowest BCUT2D eigenvalue weighted by Crippen LogP contribution is -2.37. The number of nitrogens with one attached hydrogen (secondary N) is 1. The number of amides is 1. The summed E-state index contributed by atoms with van der Waals surface area (Å²) < 4.78 is 50.2. The van der Waals surface area contributed by atoms with Gasteiger partial charge in [0.15, 0.2) is 0 Å². The van der Waals surface area contributed by atoms with Gasteiger partial charge in [0.1, 0.15) is 5.75 Å². The third-order valence-electron chi connectivity index (χ3n) is 4.95. The number of rotatable bonds is 7. The molecule has 0 bridgehead atoms. The second kappa shape index (κ2) is 10.0. The van der Waals surface area contributed by atoms with E-state index in [-0.39, 0.29) is 18.1 Å². The number of halogens is 3. The van der Waals surface area contributed by atoms with Crippen molar-refractivity contribution >= 4 is 17.3 Å². The third kappa shape index (κ3) is 6.35. The molecule has 0 saturated carbocycles. The number of benzene rings is 2. The maximum atomic E-state index is 13.2. The Morgan fingerprint density at radius 1 is 1.19 bits per heavy atom. The molecular weight excluding hydrogens is 411 g/mol. The van der Waals surface area contributed by atoms with Crippen LogP contribution in [0, 0.1) is 0 Å². The number of hydrogen-bond acceptors (Lipinski definition) is 5. The first-order valence-electron chi connectivity index (χ1n) is 9.91. The highest BCUT2D eigenvalue weighted by Gasteiger charge is 2.32. The van der Waals surface area contributed by atoms with Gasteiger partial charge in [0.2, 0.25) is 5.91 Å². The summed E-state index contributed by atoms with van der Waals surface area (Å²) in [5.74, 6) is 0.328. The van der Waals surface area contributed by atoms with Crippen LogP contribution in [0.15, 0.2) is 42.5 Å². The highest BCUT2D eigenvalue weighted by molar-refractivity contribution is 5.95. The van der Waals surface area contributed by atoms with Crippen LogP contribution in [-0.4, -0.2) is 57.8 Å². The van der Waals surface area contributed by atoms with Crippen LogP contribution in [0.25, 0.3) is 0 Å². The molecule has 0 unspecified atom stereocenters. The van der Waals surface area contributed by atoms with E-state index >= 15 is 0 Å². The van der Waals surface area contributed by atoms with Crippen molar-refractivity contribution in [2.24, 2.45) is 0 Å². The lowest BCUT2D eigenvalue weighted by Gasteiger charge is -2.31. The molecule has 1 heterocycles. The number of likely N-dealkylation sites (N-methyl/N-ethyl adjacent to an activating group) is 1. The zero-order chi connectivity index (χ0) is 22.4. The summed E-state index contributed by atoms with van der Waals surface area (Å²) in [6.45, 7) is 2.57. The zero-order valence-electron chi connectivity index (χ0n) is 17.5. The molecule has 1 aliphatic rings. The summed E-state index contributed by atoms with van der Waals surface area (Å²) in [6.07, 6.45) is -4.49. The van der Waals surface area contributed by atoms with E-state index in [9.17, 15) is 18.0 Å². The van der Waals surface area contributed by atoms with Crippen molar-refractivity contribution in [2.75, 3.05) is 57.2 Å². The molecule has 1 amide bonds. The number of carbonyl (C=O) groups excluding carboxylic acids is 1. The van der Waals surface area contributed by atoms with Crippen LogP contribution < -0.4 is 15.0 Å². The van der Waals surface area contributed by atoms with E-state index < -0.39 is 11.7 Å². The third-order valence-corrected chi connectivity index (χ3v) is 4.95. The Balaban J connectivity index is 1.72. The zero-order valence-corrected chi connectivity index (χ0v) is 17.5. The molecule has 6 nitrogen and oxygen atoms in total. The average molecular weight is 437 g/mol. The smallest absolute Gasteiger partial charge is 0.416 e. The van der Waals surface area contributed by atoms with Crippen molar-refractivity contribution in [1.29, 1.82) is 0 Å². The number of alkyl halides is 3. The predicted molar refractivity (Wildman–Crippen MR) is 112 cm³/mol. The summed E-state index contributed by atoms with van der Waals surface area (Å²) in [4.78, 5) is 16.3. The summed E-state index contributed by atoms with van der Waals surface area (Å²) in [7, 11) is 3.35. The lowest BCUT2D eigenvalue weighted by atomic mass is 10.1. The molecule has 9 heteroatoms. The fourth-order valence-electron chi connectivity index (χ4n) is 3.47. The molecular formula is C22H26F3N3O3. The van der Waals surface area contributed by atoms with Crippen molar-refractivity contribution in [3.8, 4) is 5.75 Å². The van der Waals surface area contributed by atoms with Gasteiger partial charge in [-0.05, 0) is 42.9 Å². The average Bonchev–Trinajstić information content (AvgIpc) is 2.73. The van der Waals surface area contributed by atoms with Gasteiger partial charge in [-0.15, -0.1) is 0 Å². The van der Waals surface area contributed by atoms with Crippen LogP contribution in [0.1, 0.15) is 11.1 Å². The maximum absolute atomic E-state index is 13.2. The molecule has 31 heavy (non-hydrogen) atoms. The van der Waals surface area contributed by atoms with Gasteiger partial charge < -0.3 is 19.7 Å². The monoisotopic (exact) mass is 437 g/mol. The quantitative estimate of drug-likeness (QED) is 0.717. The molecule has 2 aromatic carbocycles. The maximum Gasteiger partial charge on any atom is 0.416 e. The van der Waals surface area contributed by atoms with Gasteiger partial charge in [-0.3, -0.25) is 9.69 Å². The summed E-state index contributed by atoms with van der Waals surface area (Å²) in [5, 5.41) is 2.67. The predicted octanol–water partition coefficient (Wildman–Crippen LogP) is 3.62. The molecule has 1 saturated heterocycles. The van der Waals surface area contributed by atoms with Crippen LogP contribution in [0.2, 0.25) is 0 Å². The number of anilines is 2. The minimum Gasteiger partial charge on any atom is -0.497 e. The molecule has 1 fully saturated rings. The minimum atomic E-state index is -4.49. The van der Waals surface area contributed by atoms with Gasteiger partial charge in [0.05, 0.1) is 43.8 Å². The molecule has 0 spiro atoms. The van der Waals surface area contributed by atoms with Crippen molar-refractivity contribution in [3.05, 3.63) is 53.6 Å². The minimum absolute atomic E-state index is 0.0238. The van der Waals surface area contributed by atoms with Crippen LogP contribution in [0.5, 0.6) is 5.75 Å². The van der Waals surface area contributed by atoms with Crippen molar-refractivity contribution in [1.82, 2.24) is 4.90 Å². The van der Waals surface area contributed by atoms with E-state index in [1.165, 1.54) is 6.07 Å². The van der Waals surface area contributed by atoms with Crippen LogP contribution in [-0.2, 0) is 22.3 Å². The molecule has 0 aromatic heterocycles. The standard InChI is InChI=1S/C22H26F3N3O3/c1-27(14-16-4-3-5-18(12-16)30-2)15-21(29)26-19-13-17(22(23,24)25)6-7-20(19)28-8-10-31-11-9-28/h3-7,12-13H,8-11,14-15H2,1-2H3,(H,26,29). The Labute approximate surface area is 179 Å². The largest absolute Gasteiger partial charge is 0.497 e. The molecule has 0 atom stereocenters. The van der Waals surface area contributed by atoms with Crippen LogP contribution in [0.3, 0.4) is 0 Å². The van der Waals surface area contributed by atoms with Crippen molar-refractivity contribution in [2.45, 2.75) is 12.7 Å². The fourth-order valence-corrected chi connectivity index (χ4v) is 3.47. The Hall–Kier alpha value is -2.78. The van der Waals surface area contributed by atoms with Gasteiger partial charge in [0.25, 0.3) is 0 Å². The summed E-state index contributed by atoms with van der Waals surface area (Å²) in [5.41, 5.74) is 0.865. The van der Waals surface area contributed by atoms with Gasteiger partial charge in [0, 0.05) is 19.6 Å². The second-order valence-corrected chi connectivity index (χ2v) is 7.40. The molecule has 0 aliphatic carbocycles. The number of methoxy groups -OCH3 is 1. The first-order valence-corrected chi connectivity index (χ1v) is 9.91. The van der Waals surface area contributed by atoms with E-state index in [1.807, 2.05) is 29.2 Å². The lowest BCUT2D eigenvalue weighted by molar-refractivity contribution is -0.137. The Morgan fingerprint density at radius 3 is 2.61 bits per heavy atom. The molecule has 3 rings (SSSR count). The van der Waals surface area contributed by atoms with Crippen LogP contribution >= 0.6 is 0 Å². The second-order valence-electron chi connectivity index (χ2n) is 7.40. The number of hydrogen-bond donors (Lipinski definition) is 1. The van der Waals surface area contributed by atoms with Gasteiger partial charge in [-0.1, -0.05) is 12.1 Å². The van der Waals surface area contributed by atoms with E-state index in [2.05, 4.69) is 5.32 Å². The van der Waals surface area contributed by atoms with E-state index in [0.717, 1.165) is 23.4 Å². The number of morpholine rings is 1. The normalized spacial score (nSPS) is 14.6. The fraction of sp³-hybridized carbons (Fsp3) is 0.409. The highest BCUT2D eigenvalue weighted by atomic mass is 19.4. The first-order chi connectivity index (χ1) is 14.8. The summed E-state index contributed by atoms with van der Waals surface area (Å²) in [6, 6.07) is 10.9. The van der Waals surface area contributed by atoms with Crippen molar-refractivity contribution in [3.63, 3.8) is 0 Å². The van der Waals surface area contributed by atoms with Gasteiger partial charge in [-0.25, -0.2) is 0 Å². The number of ether oxygens (including phenoxy) is 2. The molecule has 1 N–H and O–H groups in total. The topological polar surface area (TPSA) is 54.0 Å². The van der Waals surface area contributed by atoms with E-state index in [4.69, 9.17) is 9.47 Å². The number of nitrogens with zero attached hydrogens (tertiary/aromatic N) is 2. The Bertz CT molecular complexity index is 899. The molecule has 0 radical (unpaired) electrons. The Morgan fingerprint density at radius 2 is 1.94 bits per heavy atom. The van der Waals surface area contributed by atoms with E-state index in [1.54, 1.807) is 19.1 Å². The van der Waals surface area contributed by atoms with Crippen molar-refractivity contribution < 1.29 is 27.4 Å². The highest BCUT2D eigenvalue weighted by Crippen LogP contribution is 2.35. The number of carbonyl (C=O) groups is 1. The van der Waals surface area contributed by atoms with Gasteiger partial charge >= 0.3 is 6.18 Å². The van der Waals surface area contributed by atoms with Gasteiger partial charge in [-0.2, -0.15) is 13.2 Å². The Kier molecular flexibility index (Phi) is 7.40. The molecule has 168 valence electrons. The van der Waals surface area contributed by atoms with E-state index in [0.29, 0.717) is 38.5 Å².